The van der Waals surface area contributed by atoms with Crippen LogP contribution in [0.2, 0.25) is 0 Å². The molecule has 4 nitrogen and oxygen atoms in total. The standard InChI is InChI=1S/C26H37N3O.CH4/c1-7-24(30-26(3,4)5)20-11-8-10-19(14-15-20)21-16-29(17-21)23-13-9-12-22-18(2)27-28(6)25(22)23;/h9,12-13,19-21H,1,8,10-11,14-17H2,2-6H3;1H4. The first-order valence-corrected chi connectivity index (χ1v) is 11.5. The Balaban J connectivity index is 0.00000272. The number of anilines is 1. The molecule has 1 saturated heterocycles. The van der Waals surface area contributed by atoms with Crippen molar-refractivity contribution in [3.8, 4) is 0 Å². The summed E-state index contributed by atoms with van der Waals surface area (Å²) in [6.07, 6.45) is 6.31. The van der Waals surface area contributed by atoms with Gasteiger partial charge in [0.25, 0.3) is 0 Å². The van der Waals surface area contributed by atoms with Crippen LogP contribution in [-0.4, -0.2) is 28.5 Å². The molecule has 0 amide bonds. The lowest BCUT2D eigenvalue weighted by molar-refractivity contribution is 0.0320. The Morgan fingerprint density at radius 3 is 2.55 bits per heavy atom. The van der Waals surface area contributed by atoms with Gasteiger partial charge in [0.1, 0.15) is 11.4 Å². The predicted molar refractivity (Wildman–Crippen MR) is 131 cm³/mol. The molecule has 0 N–H and O–H groups in total. The second kappa shape index (κ2) is 9.12. The number of benzene rings is 1. The van der Waals surface area contributed by atoms with Crippen LogP contribution in [0.5, 0.6) is 0 Å². The number of nitrogens with zero attached hydrogens (tertiary/aromatic N) is 3. The van der Waals surface area contributed by atoms with Gasteiger partial charge in [0.2, 0.25) is 0 Å². The van der Waals surface area contributed by atoms with Gasteiger partial charge in [-0.15, -0.1) is 0 Å². The van der Waals surface area contributed by atoms with Gasteiger partial charge >= 0.3 is 0 Å². The van der Waals surface area contributed by atoms with Gasteiger partial charge in [-0.05, 0) is 64.9 Å². The van der Waals surface area contributed by atoms with Gasteiger partial charge in [-0.3, -0.25) is 4.68 Å². The van der Waals surface area contributed by atoms with Gasteiger partial charge in [0, 0.05) is 31.4 Å². The number of hydrogen-bond donors (Lipinski definition) is 0. The average Bonchev–Trinajstić information content (AvgIpc) is 2.82. The molecule has 4 heteroatoms. The van der Waals surface area contributed by atoms with E-state index < -0.39 is 0 Å². The first-order valence-electron chi connectivity index (χ1n) is 11.5. The summed E-state index contributed by atoms with van der Waals surface area (Å²) in [5, 5.41) is 5.91. The van der Waals surface area contributed by atoms with Crippen molar-refractivity contribution in [3.63, 3.8) is 0 Å². The highest BCUT2D eigenvalue weighted by Gasteiger charge is 2.36. The topological polar surface area (TPSA) is 30.3 Å². The molecule has 1 aliphatic carbocycles. The van der Waals surface area contributed by atoms with Crippen LogP contribution in [0.3, 0.4) is 0 Å². The monoisotopic (exact) mass is 423 g/mol. The minimum Gasteiger partial charge on any atom is -0.484 e. The van der Waals surface area contributed by atoms with Crippen molar-refractivity contribution in [3.05, 3.63) is 42.0 Å². The minimum absolute atomic E-state index is 0. The molecule has 2 atom stereocenters. The molecule has 2 unspecified atom stereocenters. The Morgan fingerprint density at radius 1 is 1.13 bits per heavy atom. The van der Waals surface area contributed by atoms with Gasteiger partial charge in [-0.1, -0.05) is 44.7 Å². The molecule has 2 heterocycles. The number of fused-ring (bicyclic) bond motifs is 1. The van der Waals surface area contributed by atoms with E-state index in [-0.39, 0.29) is 13.0 Å². The van der Waals surface area contributed by atoms with E-state index in [0.29, 0.717) is 5.92 Å². The Kier molecular flexibility index (Phi) is 6.91. The van der Waals surface area contributed by atoms with Crippen LogP contribution in [0, 0.1) is 24.7 Å². The third-order valence-corrected chi connectivity index (χ3v) is 6.92. The van der Waals surface area contributed by atoms with Crippen molar-refractivity contribution in [2.45, 2.75) is 72.8 Å². The Hall–Kier alpha value is -2.19. The Labute approximate surface area is 189 Å². The number of aryl methyl sites for hydroxylation is 2. The number of ether oxygens (including phenoxy) is 1. The molecule has 0 radical (unpaired) electrons. The Bertz CT molecular complexity index is 955. The SMILES string of the molecule is C.C=C=C(OC(C)(C)C)C1CCCC(C2CN(c3cccc4c(C)nn(C)c34)C2)CC1. The summed E-state index contributed by atoms with van der Waals surface area (Å²) in [5.41, 5.74) is 6.66. The zero-order valence-corrected chi connectivity index (χ0v) is 19.4. The van der Waals surface area contributed by atoms with E-state index in [1.165, 1.54) is 61.8 Å². The molecule has 1 saturated carbocycles. The van der Waals surface area contributed by atoms with Crippen LogP contribution in [0.1, 0.15) is 66.0 Å². The number of para-hydroxylation sites is 1. The molecule has 1 aromatic heterocycles. The molecule has 2 fully saturated rings. The second-order valence-electron chi connectivity index (χ2n) is 10.3. The molecule has 1 aliphatic heterocycles. The van der Waals surface area contributed by atoms with Crippen molar-refractivity contribution < 1.29 is 4.74 Å². The summed E-state index contributed by atoms with van der Waals surface area (Å²) in [6, 6.07) is 6.62. The first kappa shape index (κ1) is 23.5. The van der Waals surface area contributed by atoms with Gasteiger partial charge in [0.15, 0.2) is 0 Å². The quantitative estimate of drug-likeness (QED) is 0.314. The van der Waals surface area contributed by atoms with Gasteiger partial charge < -0.3 is 9.64 Å². The normalized spacial score (nSPS) is 22.3. The maximum atomic E-state index is 6.17. The molecular weight excluding hydrogens is 382 g/mol. The third-order valence-electron chi connectivity index (χ3n) is 6.92. The van der Waals surface area contributed by atoms with Gasteiger partial charge in [-0.2, -0.15) is 5.10 Å². The van der Waals surface area contributed by atoms with Crippen LogP contribution in [0.25, 0.3) is 10.9 Å². The van der Waals surface area contributed by atoms with E-state index in [2.05, 4.69) is 75.3 Å². The fraction of sp³-hybridized carbons (Fsp3) is 0.630. The summed E-state index contributed by atoms with van der Waals surface area (Å²) in [5.74, 6) is 3.08. The highest BCUT2D eigenvalue weighted by molar-refractivity contribution is 5.93. The minimum atomic E-state index is -0.175. The number of allylic oxidation sites excluding steroid dienone is 1. The average molecular weight is 424 g/mol. The molecule has 2 aliphatic rings. The molecular formula is C27H41N3O. The predicted octanol–water partition coefficient (Wildman–Crippen LogP) is 6.63. The van der Waals surface area contributed by atoms with Crippen molar-refractivity contribution in [1.82, 2.24) is 9.78 Å². The van der Waals surface area contributed by atoms with E-state index in [1.807, 2.05) is 4.68 Å². The number of rotatable bonds is 4. The van der Waals surface area contributed by atoms with E-state index in [1.54, 1.807) is 0 Å². The zero-order valence-electron chi connectivity index (χ0n) is 19.4. The Morgan fingerprint density at radius 2 is 1.87 bits per heavy atom. The van der Waals surface area contributed by atoms with Gasteiger partial charge in [-0.25, -0.2) is 0 Å². The number of aromatic nitrogens is 2. The van der Waals surface area contributed by atoms with E-state index >= 15 is 0 Å². The maximum absolute atomic E-state index is 6.17. The van der Waals surface area contributed by atoms with Crippen molar-refractivity contribution in [2.75, 3.05) is 18.0 Å². The van der Waals surface area contributed by atoms with E-state index in [9.17, 15) is 0 Å². The smallest absolute Gasteiger partial charge is 0.141 e. The number of hydrogen-bond acceptors (Lipinski definition) is 3. The van der Waals surface area contributed by atoms with Crippen LogP contribution in [-0.2, 0) is 11.8 Å². The third kappa shape index (κ3) is 4.85. The summed E-state index contributed by atoms with van der Waals surface area (Å²) in [7, 11) is 2.06. The lowest BCUT2D eigenvalue weighted by Crippen LogP contribution is -2.50. The summed E-state index contributed by atoms with van der Waals surface area (Å²) < 4.78 is 8.22. The molecule has 1 aromatic carbocycles. The van der Waals surface area contributed by atoms with Crippen LogP contribution in [0.4, 0.5) is 5.69 Å². The molecule has 2 aromatic rings. The summed E-state index contributed by atoms with van der Waals surface area (Å²) in [6.45, 7) is 14.7. The van der Waals surface area contributed by atoms with Crippen LogP contribution >= 0.6 is 0 Å². The fourth-order valence-corrected chi connectivity index (χ4v) is 5.41. The van der Waals surface area contributed by atoms with Gasteiger partial charge in [0.05, 0.1) is 16.9 Å². The summed E-state index contributed by atoms with van der Waals surface area (Å²) >= 11 is 0. The zero-order chi connectivity index (χ0) is 21.5. The second-order valence-corrected chi connectivity index (χ2v) is 10.3. The van der Waals surface area contributed by atoms with Crippen molar-refractivity contribution in [2.24, 2.45) is 24.8 Å². The highest BCUT2D eigenvalue weighted by atomic mass is 16.5. The molecule has 0 bridgehead atoms. The molecule has 31 heavy (non-hydrogen) atoms. The fourth-order valence-electron chi connectivity index (χ4n) is 5.41. The largest absolute Gasteiger partial charge is 0.484 e. The molecule has 170 valence electrons. The van der Waals surface area contributed by atoms with Crippen molar-refractivity contribution in [1.29, 1.82) is 0 Å². The summed E-state index contributed by atoms with van der Waals surface area (Å²) in [4.78, 5) is 2.55. The van der Waals surface area contributed by atoms with Crippen molar-refractivity contribution >= 4 is 16.6 Å². The van der Waals surface area contributed by atoms with E-state index in [4.69, 9.17) is 4.74 Å². The first-order chi connectivity index (χ1) is 14.3. The molecule has 4 rings (SSSR count). The van der Waals surface area contributed by atoms with E-state index in [0.717, 1.165) is 23.3 Å². The lowest BCUT2D eigenvalue weighted by Gasteiger charge is -2.45. The maximum Gasteiger partial charge on any atom is 0.141 e. The lowest BCUT2D eigenvalue weighted by atomic mass is 9.80. The van der Waals surface area contributed by atoms with Crippen LogP contribution < -0.4 is 4.90 Å². The molecule has 0 spiro atoms. The highest BCUT2D eigenvalue weighted by Crippen LogP contribution is 2.41. The van der Waals surface area contributed by atoms with Crippen LogP contribution in [0.15, 0.2) is 36.3 Å².